The maximum atomic E-state index is 13.8. The molecule has 12 rings (SSSR count). The Bertz CT molecular complexity index is 3860. The van der Waals surface area contributed by atoms with E-state index >= 15 is 0 Å². The van der Waals surface area contributed by atoms with Crippen molar-refractivity contribution < 1.29 is 82.0 Å². The molecule has 0 bridgehead atoms. The van der Waals surface area contributed by atoms with Crippen molar-refractivity contribution in [2.45, 2.75) is 0 Å². The SMILES string of the molecule is O=P(c1ccccc1)(c1ccccc1)c1ccccc1.O=P(c1ccccc1)(c1ccccc1)c1ccccc1.O=P(c1ccccc1)(c1ccccc1)c1ccccc1.O=[N+]([O-])c1cc(Cl)c([O-])c(Cl)c1.O=[N+]([O-])c1cc(Cl)c([O-])c(Cl)c1.O=[N+]([O-])c1cc(Cl)c([O-])c(Cl)c1.[Dy+3]. The standard InChI is InChI=1S/3C18H15OP.3C6H3Cl2NO3.Dy/c3*19-20(16-10-4-1-5-11-16,17-12-6-2-7-13-17)18-14-8-3-9-15-18;3*7-4-1-3(9(11)12)2-5(8)6(4)10;/h3*1-15H;3*1-2,10H;/q;;;;;;+3/p-3. The summed E-state index contributed by atoms with van der Waals surface area (Å²) in [5.41, 5.74) is -0.862. The fraction of sp³-hybridized carbons (Fsp3) is 0. The van der Waals surface area contributed by atoms with Crippen molar-refractivity contribution in [3.63, 3.8) is 0 Å². The minimum atomic E-state index is -2.78. The predicted octanol–water partition coefficient (Wildman–Crippen LogP) is 15.9. The largest absolute Gasteiger partial charge is 3.00 e. The molecule has 0 amide bonds. The number of rotatable bonds is 12. The third kappa shape index (κ3) is 20.5. The monoisotopic (exact) mass is 1620 g/mol. The van der Waals surface area contributed by atoms with Gasteiger partial charge >= 0.3 is 38.2 Å². The van der Waals surface area contributed by atoms with Crippen LogP contribution in [0.4, 0.5) is 17.1 Å². The summed E-state index contributed by atoms with van der Waals surface area (Å²) in [7, 11) is -8.33. The van der Waals surface area contributed by atoms with Crippen LogP contribution in [0.5, 0.6) is 17.2 Å². The van der Waals surface area contributed by atoms with Gasteiger partial charge in [-0.3, -0.25) is 30.3 Å². The molecule has 12 aromatic rings. The molecule has 1 radical (unpaired) electrons. The number of hydrogen-bond acceptors (Lipinski definition) is 12. The van der Waals surface area contributed by atoms with E-state index in [0.29, 0.717) is 0 Å². The van der Waals surface area contributed by atoms with Crippen LogP contribution in [0.3, 0.4) is 0 Å². The molecular weight excluding hydrogens is 1570 g/mol. The Morgan fingerprint density at radius 2 is 0.330 bits per heavy atom. The van der Waals surface area contributed by atoms with Crippen LogP contribution >= 0.6 is 91.0 Å². The van der Waals surface area contributed by atoms with Crippen molar-refractivity contribution in [3.8, 4) is 17.2 Å². The maximum Gasteiger partial charge on any atom is 3.00 e. The minimum absolute atomic E-state index is 0. The number of nitrogens with zero attached hydrogens (tertiary/aromatic N) is 3. The Hall–Kier alpha value is -8.06. The van der Waals surface area contributed by atoms with Crippen molar-refractivity contribution >= 4 is 156 Å². The molecule has 12 aromatic carbocycles. The normalized spacial score (nSPS) is 10.6. The van der Waals surface area contributed by atoms with Crippen molar-refractivity contribution in [2.24, 2.45) is 0 Å². The molecule has 493 valence electrons. The molecule has 0 aliphatic rings. The van der Waals surface area contributed by atoms with Gasteiger partial charge in [0.15, 0.2) is 21.4 Å². The summed E-state index contributed by atoms with van der Waals surface area (Å²) >= 11 is 32.2. The molecule has 97 heavy (non-hydrogen) atoms. The van der Waals surface area contributed by atoms with Crippen LogP contribution in [-0.2, 0) is 13.7 Å². The van der Waals surface area contributed by atoms with E-state index in [-0.39, 0.29) is 85.4 Å². The van der Waals surface area contributed by atoms with E-state index < -0.39 is 53.4 Å². The summed E-state index contributed by atoms with van der Waals surface area (Å²) < 4.78 is 41.5. The molecule has 0 N–H and O–H groups in total. The van der Waals surface area contributed by atoms with Gasteiger partial charge in [-0.1, -0.05) is 360 Å². The molecule has 0 fully saturated rings. The average molecular weight is 1620 g/mol. The second-order valence-corrected chi connectivity index (χ2v) is 30.6. The van der Waals surface area contributed by atoms with Crippen LogP contribution in [0.2, 0.25) is 30.1 Å². The minimum Gasteiger partial charge on any atom is -0.870 e. The smallest absolute Gasteiger partial charge is 0.870 e. The first-order valence-corrected chi connectivity index (χ1v) is 35.6. The summed E-state index contributed by atoms with van der Waals surface area (Å²) in [6, 6.07) is 93.2. The first kappa shape index (κ1) is 77.9. The number of nitro groups is 3. The van der Waals surface area contributed by atoms with Gasteiger partial charge in [-0.25, -0.2) is 0 Å². The summed E-state index contributed by atoms with van der Waals surface area (Å²) in [5.74, 6) is -1.78. The molecule has 0 atom stereocenters. The van der Waals surface area contributed by atoms with Gasteiger partial charge in [0, 0.05) is 114 Å². The van der Waals surface area contributed by atoms with Crippen LogP contribution in [0.25, 0.3) is 0 Å². The number of non-ortho nitro benzene ring substituents is 3. The van der Waals surface area contributed by atoms with Gasteiger partial charge in [0.1, 0.15) is 0 Å². The van der Waals surface area contributed by atoms with Crippen molar-refractivity contribution in [2.75, 3.05) is 0 Å². The molecule has 0 saturated heterocycles. The van der Waals surface area contributed by atoms with E-state index in [1.807, 2.05) is 273 Å². The molecule has 0 aliphatic heterocycles. The Kier molecular flexibility index (Phi) is 30.2. The third-order valence-electron chi connectivity index (χ3n) is 13.7. The zero-order valence-corrected chi connectivity index (χ0v) is 59.4. The third-order valence-corrected chi connectivity index (χ3v) is 24.6. The number of benzene rings is 12. The van der Waals surface area contributed by atoms with E-state index in [9.17, 15) is 59.4 Å². The van der Waals surface area contributed by atoms with Gasteiger partial charge in [-0.2, -0.15) is 0 Å². The average Bonchev–Trinajstić information content (AvgIpc) is 0.787. The molecule has 0 aromatic heterocycles. The Morgan fingerprint density at radius 1 is 0.227 bits per heavy atom. The van der Waals surface area contributed by atoms with Crippen LogP contribution in [-0.4, -0.2) is 14.8 Å². The van der Waals surface area contributed by atoms with E-state index in [1.165, 1.54) is 0 Å². The van der Waals surface area contributed by atoms with Crippen LogP contribution in [0, 0.1) is 68.5 Å². The molecule has 0 spiro atoms. The quantitative estimate of drug-likeness (QED) is 0.0629. The second-order valence-electron chi connectivity index (χ2n) is 19.8. The van der Waals surface area contributed by atoms with Crippen LogP contribution < -0.4 is 63.1 Å². The Labute approximate surface area is 619 Å². The van der Waals surface area contributed by atoms with E-state index in [4.69, 9.17) is 69.6 Å². The Morgan fingerprint density at radius 3 is 0.423 bits per heavy atom. The van der Waals surface area contributed by atoms with E-state index in [0.717, 1.165) is 84.1 Å². The molecular formula is C72H51Cl6DyN3O12P3. The molecule has 0 saturated carbocycles. The van der Waals surface area contributed by atoms with Gasteiger partial charge in [0.25, 0.3) is 17.1 Å². The molecule has 0 aliphatic carbocycles. The second kappa shape index (κ2) is 37.6. The summed E-state index contributed by atoms with van der Waals surface area (Å²) in [6.45, 7) is 0. The molecule has 15 nitrogen and oxygen atoms in total. The van der Waals surface area contributed by atoms with E-state index in [1.54, 1.807) is 0 Å². The van der Waals surface area contributed by atoms with Gasteiger partial charge in [0.05, 0.1) is 14.8 Å². The summed E-state index contributed by atoms with van der Waals surface area (Å²) in [4.78, 5) is 28.6. The zero-order valence-electron chi connectivity index (χ0n) is 50.1. The first-order chi connectivity index (χ1) is 46.0. The van der Waals surface area contributed by atoms with Crippen LogP contribution in [0.1, 0.15) is 0 Å². The van der Waals surface area contributed by atoms with Gasteiger partial charge in [0.2, 0.25) is 0 Å². The van der Waals surface area contributed by atoms with Gasteiger partial charge in [-0.15, -0.1) is 0 Å². The van der Waals surface area contributed by atoms with E-state index in [2.05, 4.69) is 0 Å². The van der Waals surface area contributed by atoms with Crippen LogP contribution in [0.15, 0.2) is 309 Å². The fourth-order valence-corrected chi connectivity index (χ4v) is 18.5. The maximum absolute atomic E-state index is 13.8. The topological polar surface area (TPSA) is 250 Å². The predicted molar refractivity (Wildman–Crippen MR) is 385 cm³/mol. The first-order valence-electron chi connectivity index (χ1n) is 28.2. The summed E-state index contributed by atoms with van der Waals surface area (Å²) in [6.07, 6.45) is 0. The number of hydrogen-bond donors (Lipinski definition) is 0. The van der Waals surface area contributed by atoms with Crippen molar-refractivity contribution in [1.29, 1.82) is 0 Å². The number of halogens is 6. The van der Waals surface area contributed by atoms with Crippen molar-refractivity contribution in [1.82, 2.24) is 0 Å². The summed E-state index contributed by atoms with van der Waals surface area (Å²) in [5, 5.41) is 69.6. The van der Waals surface area contributed by atoms with Gasteiger partial charge < -0.3 is 29.0 Å². The number of nitro benzene ring substituents is 3. The van der Waals surface area contributed by atoms with Crippen molar-refractivity contribution in [3.05, 3.63) is 370 Å². The Balaban J connectivity index is 0.000000187. The fourth-order valence-electron chi connectivity index (χ4n) is 9.04. The zero-order chi connectivity index (χ0) is 69.4. The molecule has 0 unspecified atom stereocenters. The molecule has 0 heterocycles. The van der Waals surface area contributed by atoms with Gasteiger partial charge in [-0.05, 0) is 0 Å². The molecule has 25 heteroatoms.